The second-order valence-corrected chi connectivity index (χ2v) is 4.74. The molecule has 1 aromatic heterocycles. The number of aryl methyl sites for hydroxylation is 1. The molecule has 3 nitrogen and oxygen atoms in total. The molecule has 1 unspecified atom stereocenters. The van der Waals surface area contributed by atoms with Gasteiger partial charge in [0.1, 0.15) is 0 Å². The number of aliphatic hydroxyl groups is 1. The Kier molecular flexibility index (Phi) is 5.43. The summed E-state index contributed by atoms with van der Waals surface area (Å²) in [5.74, 6) is 0.536. The van der Waals surface area contributed by atoms with Gasteiger partial charge >= 0.3 is 0 Å². The summed E-state index contributed by atoms with van der Waals surface area (Å²) in [5, 5.41) is 12.9. The van der Waals surface area contributed by atoms with Crippen LogP contribution in [0.3, 0.4) is 0 Å². The molecule has 90 valence electrons. The van der Waals surface area contributed by atoms with Crippen LogP contribution in [0.15, 0.2) is 18.3 Å². The lowest BCUT2D eigenvalue weighted by atomic mass is 10.1. The van der Waals surface area contributed by atoms with Gasteiger partial charge in [-0.05, 0) is 30.9 Å². The smallest absolute Gasteiger partial charge is 0.0667 e. The fourth-order valence-corrected chi connectivity index (χ4v) is 1.60. The van der Waals surface area contributed by atoms with E-state index in [0.29, 0.717) is 12.5 Å². The zero-order valence-electron chi connectivity index (χ0n) is 10.4. The third kappa shape index (κ3) is 5.24. The van der Waals surface area contributed by atoms with Crippen molar-refractivity contribution in [2.24, 2.45) is 5.92 Å². The molecule has 1 aromatic rings. The normalized spacial score (nSPS) is 13.1. The quantitative estimate of drug-likeness (QED) is 0.772. The topological polar surface area (TPSA) is 45.1 Å². The molecule has 0 bridgehead atoms. The Morgan fingerprint density at radius 3 is 2.69 bits per heavy atom. The largest absolute Gasteiger partial charge is 0.392 e. The molecule has 1 rings (SSSR count). The number of rotatable bonds is 6. The van der Waals surface area contributed by atoms with Gasteiger partial charge in [0.05, 0.1) is 11.8 Å². The minimum Gasteiger partial charge on any atom is -0.392 e. The molecule has 2 N–H and O–H groups in total. The van der Waals surface area contributed by atoms with Crippen LogP contribution in [-0.4, -0.2) is 22.7 Å². The first-order valence-electron chi connectivity index (χ1n) is 5.88. The Morgan fingerprint density at radius 1 is 1.38 bits per heavy atom. The molecule has 3 heteroatoms. The molecule has 0 saturated carbocycles. The number of hydrogen-bond acceptors (Lipinski definition) is 3. The number of aromatic nitrogens is 1. The molecular weight excluding hydrogens is 200 g/mol. The van der Waals surface area contributed by atoms with Crippen LogP contribution in [0.25, 0.3) is 0 Å². The molecule has 1 atom stereocenters. The highest BCUT2D eigenvalue weighted by Crippen LogP contribution is 2.03. The fourth-order valence-electron chi connectivity index (χ4n) is 1.60. The van der Waals surface area contributed by atoms with Crippen LogP contribution in [-0.2, 0) is 6.54 Å². The Labute approximate surface area is 97.9 Å². The summed E-state index contributed by atoms with van der Waals surface area (Å²) in [6.45, 7) is 7.61. The van der Waals surface area contributed by atoms with Crippen LogP contribution >= 0.6 is 0 Å². The summed E-state index contributed by atoms with van der Waals surface area (Å²) in [6.07, 6.45) is 2.45. The first-order chi connectivity index (χ1) is 7.58. The highest BCUT2D eigenvalue weighted by atomic mass is 16.3. The van der Waals surface area contributed by atoms with Crippen LogP contribution in [0.1, 0.15) is 31.5 Å². The van der Waals surface area contributed by atoms with Gasteiger partial charge in [0, 0.05) is 19.3 Å². The molecule has 0 aliphatic heterocycles. The van der Waals surface area contributed by atoms with E-state index >= 15 is 0 Å². The highest BCUT2D eigenvalue weighted by Gasteiger charge is 2.06. The van der Waals surface area contributed by atoms with Crippen molar-refractivity contribution in [2.75, 3.05) is 6.54 Å². The van der Waals surface area contributed by atoms with Gasteiger partial charge < -0.3 is 10.4 Å². The van der Waals surface area contributed by atoms with Gasteiger partial charge in [0.15, 0.2) is 0 Å². The van der Waals surface area contributed by atoms with Crippen molar-refractivity contribution in [1.29, 1.82) is 0 Å². The Bertz CT molecular complexity index is 295. The summed E-state index contributed by atoms with van der Waals surface area (Å²) in [7, 11) is 0. The van der Waals surface area contributed by atoms with E-state index in [9.17, 15) is 5.11 Å². The lowest BCUT2D eigenvalue weighted by Crippen LogP contribution is -2.27. The number of pyridine rings is 1. The van der Waals surface area contributed by atoms with E-state index in [4.69, 9.17) is 0 Å². The van der Waals surface area contributed by atoms with Crippen molar-refractivity contribution in [2.45, 2.75) is 39.8 Å². The minimum absolute atomic E-state index is 0.259. The van der Waals surface area contributed by atoms with Crippen LogP contribution in [0, 0.1) is 12.8 Å². The standard InChI is InChI=1S/C13H22N2O/c1-10(2)6-13(16)9-14-8-12-5-4-11(3)7-15-12/h4-5,7,10,13-14,16H,6,8-9H2,1-3H3. The van der Waals surface area contributed by atoms with Gasteiger partial charge in [-0.15, -0.1) is 0 Å². The van der Waals surface area contributed by atoms with Crippen molar-refractivity contribution >= 4 is 0 Å². The van der Waals surface area contributed by atoms with E-state index < -0.39 is 0 Å². The summed E-state index contributed by atoms with van der Waals surface area (Å²) < 4.78 is 0. The minimum atomic E-state index is -0.259. The SMILES string of the molecule is Cc1ccc(CNCC(O)CC(C)C)nc1. The molecule has 0 fully saturated rings. The summed E-state index contributed by atoms with van der Waals surface area (Å²) >= 11 is 0. The molecule has 0 aliphatic rings. The molecule has 0 aromatic carbocycles. The Hall–Kier alpha value is -0.930. The van der Waals surface area contributed by atoms with Gasteiger partial charge in [-0.1, -0.05) is 19.9 Å². The molecule has 0 aliphatic carbocycles. The predicted molar refractivity (Wildman–Crippen MR) is 66.1 cm³/mol. The van der Waals surface area contributed by atoms with Crippen LogP contribution in [0.5, 0.6) is 0 Å². The van der Waals surface area contributed by atoms with E-state index in [1.54, 1.807) is 0 Å². The van der Waals surface area contributed by atoms with Crippen LogP contribution in [0.2, 0.25) is 0 Å². The van der Waals surface area contributed by atoms with Crippen LogP contribution < -0.4 is 5.32 Å². The summed E-state index contributed by atoms with van der Waals surface area (Å²) in [4.78, 5) is 4.29. The number of hydrogen-bond donors (Lipinski definition) is 2. The van der Waals surface area contributed by atoms with E-state index in [-0.39, 0.29) is 6.10 Å². The molecular formula is C13H22N2O. The second-order valence-electron chi connectivity index (χ2n) is 4.74. The molecule has 0 amide bonds. The van der Waals surface area contributed by atoms with Gasteiger partial charge in [0.25, 0.3) is 0 Å². The molecule has 16 heavy (non-hydrogen) atoms. The van der Waals surface area contributed by atoms with Gasteiger partial charge in [-0.25, -0.2) is 0 Å². The summed E-state index contributed by atoms with van der Waals surface area (Å²) in [6, 6.07) is 4.06. The van der Waals surface area contributed by atoms with E-state index in [1.165, 1.54) is 5.56 Å². The zero-order chi connectivity index (χ0) is 12.0. The maximum atomic E-state index is 9.66. The second kappa shape index (κ2) is 6.61. The fraction of sp³-hybridized carbons (Fsp3) is 0.615. The van der Waals surface area contributed by atoms with Crippen molar-refractivity contribution in [3.8, 4) is 0 Å². The lowest BCUT2D eigenvalue weighted by Gasteiger charge is -2.13. The molecule has 0 spiro atoms. The van der Waals surface area contributed by atoms with Gasteiger partial charge in [-0.3, -0.25) is 4.98 Å². The average Bonchev–Trinajstić information content (AvgIpc) is 2.20. The highest BCUT2D eigenvalue weighted by molar-refractivity contribution is 5.11. The van der Waals surface area contributed by atoms with Crippen molar-refractivity contribution < 1.29 is 5.11 Å². The summed E-state index contributed by atoms with van der Waals surface area (Å²) in [5.41, 5.74) is 2.19. The van der Waals surface area contributed by atoms with Crippen LogP contribution in [0.4, 0.5) is 0 Å². The average molecular weight is 222 g/mol. The number of nitrogens with zero attached hydrogens (tertiary/aromatic N) is 1. The Balaban J connectivity index is 2.22. The number of aliphatic hydroxyl groups excluding tert-OH is 1. The third-order valence-corrected chi connectivity index (χ3v) is 2.40. The molecule has 0 radical (unpaired) electrons. The first-order valence-corrected chi connectivity index (χ1v) is 5.88. The van der Waals surface area contributed by atoms with E-state index in [0.717, 1.165) is 18.7 Å². The Morgan fingerprint density at radius 2 is 2.12 bits per heavy atom. The molecule has 1 heterocycles. The first kappa shape index (κ1) is 13.1. The van der Waals surface area contributed by atoms with Crippen molar-refractivity contribution in [3.05, 3.63) is 29.6 Å². The predicted octanol–water partition coefficient (Wildman–Crippen LogP) is 1.89. The van der Waals surface area contributed by atoms with Crippen molar-refractivity contribution in [1.82, 2.24) is 10.3 Å². The maximum Gasteiger partial charge on any atom is 0.0667 e. The van der Waals surface area contributed by atoms with Crippen molar-refractivity contribution in [3.63, 3.8) is 0 Å². The monoisotopic (exact) mass is 222 g/mol. The van der Waals surface area contributed by atoms with Gasteiger partial charge in [-0.2, -0.15) is 0 Å². The maximum absolute atomic E-state index is 9.66. The van der Waals surface area contributed by atoms with E-state index in [1.807, 2.05) is 19.2 Å². The zero-order valence-corrected chi connectivity index (χ0v) is 10.4. The molecule has 0 saturated heterocycles. The lowest BCUT2D eigenvalue weighted by molar-refractivity contribution is 0.146. The third-order valence-electron chi connectivity index (χ3n) is 2.40. The number of nitrogens with one attached hydrogen (secondary N) is 1. The van der Waals surface area contributed by atoms with Gasteiger partial charge in [0.2, 0.25) is 0 Å². The van der Waals surface area contributed by atoms with E-state index in [2.05, 4.69) is 30.2 Å².